The molecule has 1 aromatic carbocycles. The molecule has 1 unspecified atom stereocenters. The van der Waals surface area contributed by atoms with Crippen molar-refractivity contribution in [2.45, 2.75) is 11.6 Å². The summed E-state index contributed by atoms with van der Waals surface area (Å²) in [5.41, 5.74) is -0.0671. The molecule has 0 radical (unpaired) electrons. The molecule has 6 heteroatoms. The highest BCUT2D eigenvalue weighted by molar-refractivity contribution is 7.16. The third-order valence-electron chi connectivity index (χ3n) is 2.37. The van der Waals surface area contributed by atoms with Gasteiger partial charge in [-0.25, -0.2) is 0 Å². The van der Waals surface area contributed by atoms with Gasteiger partial charge in [0, 0.05) is 4.88 Å². The van der Waals surface area contributed by atoms with Gasteiger partial charge in [0.15, 0.2) is 0 Å². The van der Waals surface area contributed by atoms with Gasteiger partial charge in [0.05, 0.1) is 15.3 Å². The van der Waals surface area contributed by atoms with Gasteiger partial charge in [0.1, 0.15) is 0 Å². The van der Waals surface area contributed by atoms with Crippen LogP contribution in [0, 0.1) is 0 Å². The average Bonchev–Trinajstić information content (AvgIpc) is 2.74. The third kappa shape index (κ3) is 2.99. The van der Waals surface area contributed by atoms with Crippen molar-refractivity contribution >= 4 is 34.5 Å². The molecular weight excluding hydrogens is 304 g/mol. The van der Waals surface area contributed by atoms with Crippen LogP contribution in [-0.4, -0.2) is 0 Å². The Kier molecular flexibility index (Phi) is 3.90. The van der Waals surface area contributed by atoms with E-state index in [0.29, 0.717) is 9.90 Å². The molecule has 0 bridgehead atoms. The molecule has 2 rings (SSSR count). The minimum atomic E-state index is -4.33. The largest absolute Gasteiger partial charge is 0.416 e. The molecular formula is C12H7Cl2F3S. The van der Waals surface area contributed by atoms with Crippen molar-refractivity contribution in [3.05, 3.63) is 56.7 Å². The van der Waals surface area contributed by atoms with E-state index in [9.17, 15) is 13.2 Å². The maximum absolute atomic E-state index is 12.4. The smallest absolute Gasteiger partial charge is 0.166 e. The lowest BCUT2D eigenvalue weighted by Crippen LogP contribution is -2.04. The van der Waals surface area contributed by atoms with E-state index in [1.54, 1.807) is 12.1 Å². The number of thiophene rings is 1. The molecule has 1 aromatic heterocycles. The Balaban J connectivity index is 2.24. The summed E-state index contributed by atoms with van der Waals surface area (Å²) in [4.78, 5) is 0.807. The first-order chi connectivity index (χ1) is 8.38. The van der Waals surface area contributed by atoms with Gasteiger partial charge in [-0.1, -0.05) is 23.7 Å². The van der Waals surface area contributed by atoms with Crippen LogP contribution in [0.15, 0.2) is 36.4 Å². The summed E-state index contributed by atoms with van der Waals surface area (Å²) >= 11 is 13.3. The van der Waals surface area contributed by atoms with Crippen LogP contribution in [-0.2, 0) is 6.18 Å². The van der Waals surface area contributed by atoms with Gasteiger partial charge in [-0.15, -0.1) is 22.9 Å². The molecule has 0 saturated heterocycles. The van der Waals surface area contributed by atoms with Gasteiger partial charge < -0.3 is 0 Å². The van der Waals surface area contributed by atoms with Crippen molar-refractivity contribution in [2.75, 3.05) is 0 Å². The molecule has 0 aliphatic rings. The lowest BCUT2D eigenvalue weighted by molar-refractivity contribution is -0.137. The number of hydrogen-bond donors (Lipinski definition) is 0. The van der Waals surface area contributed by atoms with Crippen molar-refractivity contribution in [3.63, 3.8) is 0 Å². The summed E-state index contributed by atoms with van der Waals surface area (Å²) < 4.78 is 37.8. The zero-order valence-corrected chi connectivity index (χ0v) is 11.2. The Labute approximate surface area is 116 Å². The summed E-state index contributed by atoms with van der Waals surface area (Å²) in [5.74, 6) is 0. The first-order valence-electron chi connectivity index (χ1n) is 4.94. The standard InChI is InChI=1S/C12H7Cl2F3S/c13-10-6-5-9(18-10)11(14)7-1-3-8(4-2-7)12(15,16)17/h1-6,11H. The molecule has 0 aliphatic carbocycles. The fourth-order valence-electron chi connectivity index (χ4n) is 1.47. The van der Waals surface area contributed by atoms with Crippen LogP contribution in [0.25, 0.3) is 0 Å². The van der Waals surface area contributed by atoms with E-state index in [-0.39, 0.29) is 0 Å². The molecule has 1 atom stereocenters. The van der Waals surface area contributed by atoms with E-state index in [2.05, 4.69) is 0 Å². The van der Waals surface area contributed by atoms with Crippen LogP contribution in [0.2, 0.25) is 4.34 Å². The predicted octanol–water partition coefficient (Wildman–Crippen LogP) is 5.75. The number of hydrogen-bond acceptors (Lipinski definition) is 1. The summed E-state index contributed by atoms with van der Waals surface area (Å²) in [7, 11) is 0. The Hall–Kier alpha value is -0.710. The van der Waals surface area contributed by atoms with Gasteiger partial charge in [-0.3, -0.25) is 0 Å². The van der Waals surface area contributed by atoms with Crippen LogP contribution in [0.5, 0.6) is 0 Å². The van der Waals surface area contributed by atoms with Crippen LogP contribution in [0.4, 0.5) is 13.2 Å². The van der Waals surface area contributed by atoms with Crippen LogP contribution in [0.3, 0.4) is 0 Å². The fraction of sp³-hybridized carbons (Fsp3) is 0.167. The third-order valence-corrected chi connectivity index (χ3v) is 4.29. The van der Waals surface area contributed by atoms with Crippen molar-refractivity contribution < 1.29 is 13.2 Å². The molecule has 2 aromatic rings. The molecule has 0 amide bonds. The van der Waals surface area contributed by atoms with Crippen LogP contribution < -0.4 is 0 Å². The first kappa shape index (κ1) is 13.7. The topological polar surface area (TPSA) is 0 Å². The van der Waals surface area contributed by atoms with Gasteiger partial charge in [0.25, 0.3) is 0 Å². The minimum Gasteiger partial charge on any atom is -0.166 e. The lowest BCUT2D eigenvalue weighted by atomic mass is 10.1. The van der Waals surface area contributed by atoms with Gasteiger partial charge >= 0.3 is 6.18 Å². The second kappa shape index (κ2) is 5.11. The maximum Gasteiger partial charge on any atom is 0.416 e. The monoisotopic (exact) mass is 310 g/mol. The molecule has 0 spiro atoms. The summed E-state index contributed by atoms with van der Waals surface area (Å²) in [6.45, 7) is 0. The minimum absolute atomic E-state index is 0.482. The quantitative estimate of drug-likeness (QED) is 0.620. The van der Waals surface area contributed by atoms with Crippen LogP contribution >= 0.6 is 34.5 Å². The second-order valence-electron chi connectivity index (χ2n) is 3.62. The van der Waals surface area contributed by atoms with Crippen molar-refractivity contribution in [1.29, 1.82) is 0 Å². The van der Waals surface area contributed by atoms with Crippen molar-refractivity contribution in [3.8, 4) is 0 Å². The molecule has 0 fully saturated rings. The molecule has 0 saturated carbocycles. The zero-order chi connectivity index (χ0) is 13.3. The number of halogens is 5. The number of rotatable bonds is 2. The zero-order valence-electron chi connectivity index (χ0n) is 8.84. The summed E-state index contributed by atoms with van der Waals surface area (Å²) in [5, 5.41) is -0.482. The fourth-order valence-corrected chi connectivity index (χ4v) is 2.89. The van der Waals surface area contributed by atoms with Gasteiger partial charge in [0.2, 0.25) is 0 Å². The highest BCUT2D eigenvalue weighted by Crippen LogP contribution is 2.36. The summed E-state index contributed by atoms with van der Waals surface area (Å²) in [6.07, 6.45) is -4.33. The van der Waals surface area contributed by atoms with E-state index in [1.807, 2.05) is 0 Å². The SMILES string of the molecule is FC(F)(F)c1ccc(C(Cl)c2ccc(Cl)s2)cc1. The Morgan fingerprint density at radius 2 is 1.61 bits per heavy atom. The Bertz CT molecular complexity index is 531. The number of benzene rings is 1. The van der Waals surface area contributed by atoms with Crippen molar-refractivity contribution in [2.24, 2.45) is 0 Å². The molecule has 18 heavy (non-hydrogen) atoms. The van der Waals surface area contributed by atoms with Gasteiger partial charge in [-0.2, -0.15) is 13.2 Å². The van der Waals surface area contributed by atoms with Crippen LogP contribution in [0.1, 0.15) is 21.4 Å². The highest BCUT2D eigenvalue weighted by Gasteiger charge is 2.30. The maximum atomic E-state index is 12.4. The van der Waals surface area contributed by atoms with E-state index >= 15 is 0 Å². The average molecular weight is 311 g/mol. The van der Waals surface area contributed by atoms with E-state index in [0.717, 1.165) is 17.0 Å². The number of alkyl halides is 4. The first-order valence-corrected chi connectivity index (χ1v) is 6.57. The second-order valence-corrected chi connectivity index (χ2v) is 5.81. The molecule has 0 aliphatic heterocycles. The Morgan fingerprint density at radius 1 is 1.00 bits per heavy atom. The highest BCUT2D eigenvalue weighted by atomic mass is 35.5. The lowest BCUT2D eigenvalue weighted by Gasteiger charge is -2.10. The predicted molar refractivity (Wildman–Crippen MR) is 68.5 cm³/mol. The molecule has 0 nitrogen and oxygen atoms in total. The molecule has 96 valence electrons. The molecule has 0 N–H and O–H groups in total. The molecule has 1 heterocycles. The van der Waals surface area contributed by atoms with E-state index < -0.39 is 17.1 Å². The van der Waals surface area contributed by atoms with Gasteiger partial charge in [-0.05, 0) is 29.8 Å². The van der Waals surface area contributed by atoms with E-state index in [4.69, 9.17) is 23.2 Å². The van der Waals surface area contributed by atoms with E-state index in [1.165, 1.54) is 23.5 Å². The Morgan fingerprint density at radius 3 is 2.06 bits per heavy atom. The van der Waals surface area contributed by atoms with Crippen molar-refractivity contribution in [1.82, 2.24) is 0 Å². The summed E-state index contributed by atoms with van der Waals surface area (Å²) in [6, 6.07) is 8.30. The normalized spacial score (nSPS) is 13.6.